The van der Waals surface area contributed by atoms with Gasteiger partial charge in [0.05, 0.1) is 0 Å². The smallest absolute Gasteiger partial charge is 0.494 e. The van der Waals surface area contributed by atoms with Gasteiger partial charge in [0.1, 0.15) is 0 Å². The van der Waals surface area contributed by atoms with Gasteiger partial charge < -0.3 is 4.65 Å². The van der Waals surface area contributed by atoms with E-state index in [0.717, 1.165) is 6.08 Å². The van der Waals surface area contributed by atoms with Crippen molar-refractivity contribution in [1.82, 2.24) is 0 Å². The fourth-order valence-electron chi connectivity index (χ4n) is 0.420. The molecule has 1 heterocycles. The predicted molar refractivity (Wildman–Crippen MR) is 31.1 cm³/mol. The topological polar surface area (TPSA) is 9.23 Å². The molecular weight excluding hydrogens is 148 g/mol. The highest BCUT2D eigenvalue weighted by molar-refractivity contribution is 7.06. The van der Waals surface area contributed by atoms with E-state index in [1.807, 2.05) is 0 Å². The van der Waals surface area contributed by atoms with Gasteiger partial charge in [0.25, 0.3) is 6.01 Å². The molecule has 0 aromatic rings. The third-order valence-electron chi connectivity index (χ3n) is 0.798. The molecular formula is C4H2BClF2O. The first-order valence-electron chi connectivity index (χ1n) is 2.24. The summed E-state index contributed by atoms with van der Waals surface area (Å²) in [5.41, 5.74) is 0. The van der Waals surface area contributed by atoms with Crippen molar-refractivity contribution in [3.63, 3.8) is 0 Å². The van der Waals surface area contributed by atoms with E-state index >= 15 is 0 Å². The van der Waals surface area contributed by atoms with Gasteiger partial charge in [0.15, 0.2) is 5.83 Å². The Kier molecular flexibility index (Phi) is 1.76. The molecule has 48 valence electrons. The Bertz CT molecular complexity index is 179. The zero-order chi connectivity index (χ0) is 6.85. The zero-order valence-corrected chi connectivity index (χ0v) is 5.03. The highest BCUT2D eigenvalue weighted by Gasteiger charge is 2.19. The van der Waals surface area contributed by atoms with Gasteiger partial charge in [0.2, 0.25) is 0 Å². The van der Waals surface area contributed by atoms with Crippen molar-refractivity contribution in [3.05, 3.63) is 23.9 Å². The third kappa shape index (κ3) is 1.45. The van der Waals surface area contributed by atoms with E-state index < -0.39 is 18.2 Å². The molecule has 0 saturated heterocycles. The first-order valence-corrected chi connectivity index (χ1v) is 2.68. The normalized spacial score (nSPS) is 18.3. The first-order chi connectivity index (χ1) is 4.20. The van der Waals surface area contributed by atoms with Crippen molar-refractivity contribution in [3.8, 4) is 0 Å². The minimum Gasteiger partial charge on any atom is -0.520 e. The maximum Gasteiger partial charge on any atom is 0.494 e. The molecule has 1 aliphatic rings. The van der Waals surface area contributed by atoms with Crippen LogP contribution in [0.1, 0.15) is 0 Å². The Hall–Kier alpha value is -0.505. The molecule has 0 bridgehead atoms. The summed E-state index contributed by atoms with van der Waals surface area (Å²) in [6.45, 7) is 0. The fourth-order valence-corrected chi connectivity index (χ4v) is 0.571. The molecule has 0 N–H and O–H groups in total. The van der Waals surface area contributed by atoms with E-state index in [2.05, 4.69) is 4.65 Å². The predicted octanol–water partition coefficient (Wildman–Crippen LogP) is 1.95. The summed E-state index contributed by atoms with van der Waals surface area (Å²) < 4.78 is 28.1. The van der Waals surface area contributed by atoms with Gasteiger partial charge in [-0.3, -0.25) is 0 Å². The van der Waals surface area contributed by atoms with Crippen molar-refractivity contribution in [2.45, 2.75) is 0 Å². The van der Waals surface area contributed by atoms with Crippen LogP contribution in [0.15, 0.2) is 23.9 Å². The third-order valence-corrected chi connectivity index (χ3v) is 1.03. The van der Waals surface area contributed by atoms with Gasteiger partial charge in [-0.25, -0.2) is 4.39 Å². The molecule has 9 heavy (non-hydrogen) atoms. The van der Waals surface area contributed by atoms with E-state index in [-0.39, 0.29) is 0 Å². The number of rotatable bonds is 0. The van der Waals surface area contributed by atoms with Crippen LogP contribution in [0.25, 0.3) is 0 Å². The second-order valence-corrected chi connectivity index (χ2v) is 1.88. The molecule has 0 aromatic carbocycles. The van der Waals surface area contributed by atoms with Crippen LogP contribution in [0.5, 0.6) is 0 Å². The molecule has 0 radical (unpaired) electrons. The maximum absolute atomic E-state index is 12.0. The molecule has 0 spiro atoms. The Morgan fingerprint density at radius 2 is 2.22 bits per heavy atom. The molecule has 0 amide bonds. The molecule has 1 rings (SSSR count). The van der Waals surface area contributed by atoms with Crippen LogP contribution in [0, 0.1) is 0 Å². The summed E-state index contributed by atoms with van der Waals surface area (Å²) in [5.74, 6) is 0.187. The van der Waals surface area contributed by atoms with Crippen LogP contribution < -0.4 is 0 Å². The van der Waals surface area contributed by atoms with Crippen LogP contribution >= 0.6 is 11.5 Å². The summed E-state index contributed by atoms with van der Waals surface area (Å²) in [4.78, 5) is 0. The first kappa shape index (κ1) is 6.61. The van der Waals surface area contributed by atoms with Gasteiger partial charge in [-0.15, -0.1) is 11.5 Å². The summed E-state index contributed by atoms with van der Waals surface area (Å²) in [6, 6.07) is -1.25. The number of hydrogen-bond donors (Lipinski definition) is 0. The lowest BCUT2D eigenvalue weighted by Gasteiger charge is -2.06. The number of allylic oxidation sites excluding steroid dienone is 2. The average molecular weight is 150 g/mol. The summed E-state index contributed by atoms with van der Waals surface area (Å²) in [7, 11) is 0. The standard InChI is InChI=1S/C4H2BClF2O/c6-5-2-1-3(7)4(8)9-5/h1-2H. The highest BCUT2D eigenvalue weighted by atomic mass is 35.5. The van der Waals surface area contributed by atoms with Crippen molar-refractivity contribution >= 4 is 17.8 Å². The van der Waals surface area contributed by atoms with Gasteiger partial charge in [0, 0.05) is 0 Å². The second kappa shape index (κ2) is 2.39. The number of hydrogen-bond acceptors (Lipinski definition) is 1. The van der Waals surface area contributed by atoms with Gasteiger partial charge >= 0.3 is 6.33 Å². The molecule has 0 fully saturated rings. The quantitative estimate of drug-likeness (QED) is 0.480. The van der Waals surface area contributed by atoms with Crippen LogP contribution in [0.2, 0.25) is 0 Å². The minimum atomic E-state index is -1.25. The Morgan fingerprint density at radius 1 is 1.56 bits per heavy atom. The maximum atomic E-state index is 12.0. The summed E-state index contributed by atoms with van der Waals surface area (Å²) >= 11 is 5.23. The molecule has 0 saturated carbocycles. The van der Waals surface area contributed by atoms with E-state index in [1.54, 1.807) is 0 Å². The van der Waals surface area contributed by atoms with Gasteiger partial charge in [-0.2, -0.15) is 4.39 Å². The van der Waals surface area contributed by atoms with Crippen LogP contribution in [0.3, 0.4) is 0 Å². The van der Waals surface area contributed by atoms with Crippen LogP contribution in [-0.2, 0) is 4.65 Å². The summed E-state index contributed by atoms with van der Waals surface area (Å²) in [6.07, 6.45) is 0.0424. The van der Waals surface area contributed by atoms with E-state index in [4.69, 9.17) is 11.5 Å². The average Bonchev–Trinajstić information content (AvgIpc) is 1.80. The molecule has 0 atom stereocenters. The molecule has 0 aromatic heterocycles. The van der Waals surface area contributed by atoms with Crippen molar-refractivity contribution < 1.29 is 13.4 Å². The second-order valence-electron chi connectivity index (χ2n) is 1.45. The van der Waals surface area contributed by atoms with Crippen LogP contribution in [-0.4, -0.2) is 6.33 Å². The monoisotopic (exact) mass is 150 g/mol. The molecule has 0 unspecified atom stereocenters. The molecule has 0 aliphatic carbocycles. The van der Waals surface area contributed by atoms with E-state index in [1.165, 1.54) is 5.98 Å². The largest absolute Gasteiger partial charge is 0.520 e. The summed E-state index contributed by atoms with van der Waals surface area (Å²) in [5, 5.41) is 0. The SMILES string of the molecule is FC1=C(F)OB(Cl)C=C1. The van der Waals surface area contributed by atoms with Crippen molar-refractivity contribution in [1.29, 1.82) is 0 Å². The zero-order valence-electron chi connectivity index (χ0n) is 4.27. The van der Waals surface area contributed by atoms with Crippen molar-refractivity contribution in [2.24, 2.45) is 0 Å². The fraction of sp³-hybridized carbons (Fsp3) is 0. The lowest BCUT2D eigenvalue weighted by molar-refractivity contribution is 0.290. The molecule has 1 aliphatic heterocycles. The van der Waals surface area contributed by atoms with Gasteiger partial charge in [-0.1, -0.05) is 5.98 Å². The van der Waals surface area contributed by atoms with E-state index in [9.17, 15) is 8.78 Å². The minimum absolute atomic E-state index is 0.885. The Balaban J connectivity index is 2.75. The highest BCUT2D eigenvalue weighted by Crippen LogP contribution is 2.18. The Morgan fingerprint density at radius 3 is 2.67 bits per heavy atom. The lowest BCUT2D eigenvalue weighted by Crippen LogP contribution is -2.09. The van der Waals surface area contributed by atoms with Crippen molar-refractivity contribution in [2.75, 3.05) is 0 Å². The number of halogens is 3. The molecule has 5 heteroatoms. The Labute approximate surface area is 56.0 Å². The van der Waals surface area contributed by atoms with E-state index in [0.29, 0.717) is 0 Å². The van der Waals surface area contributed by atoms with Gasteiger partial charge in [-0.05, 0) is 6.08 Å². The van der Waals surface area contributed by atoms with Crippen LogP contribution in [0.4, 0.5) is 8.78 Å². The molecule has 1 nitrogen and oxygen atoms in total. The lowest BCUT2D eigenvalue weighted by atomic mass is 9.97.